The highest BCUT2D eigenvalue weighted by Crippen LogP contribution is 2.32. The molecule has 1 aliphatic rings. The first-order valence-electron chi connectivity index (χ1n) is 16.8. The van der Waals surface area contributed by atoms with Crippen LogP contribution in [0.2, 0.25) is 0 Å². The lowest BCUT2D eigenvalue weighted by Crippen LogP contribution is -2.62. The zero-order valence-electron chi connectivity index (χ0n) is 27.9. The molecule has 0 unspecified atom stereocenters. The second kappa shape index (κ2) is 15.9. The summed E-state index contributed by atoms with van der Waals surface area (Å²) in [5.41, 5.74) is 4.82. The van der Waals surface area contributed by atoms with Crippen molar-refractivity contribution >= 4 is 29.4 Å². The number of para-hydroxylation sites is 2. The van der Waals surface area contributed by atoms with Gasteiger partial charge < -0.3 is 19.8 Å². The number of hydrogen-bond donors (Lipinski definition) is 2. The number of aromatic amines is 1. The number of aliphatic carboxylic acids is 1. The lowest BCUT2D eigenvalue weighted by Gasteiger charge is -2.42. The number of unbranched alkanes of at least 4 members (excludes halogenated alkanes) is 2. The molecule has 4 aromatic carbocycles. The number of nitrogens with zero attached hydrogens (tertiary/aromatic N) is 7. The molecule has 1 aromatic heterocycles. The minimum atomic E-state index is -1.23. The van der Waals surface area contributed by atoms with E-state index >= 15 is 0 Å². The second-order valence-electron chi connectivity index (χ2n) is 12.2. The summed E-state index contributed by atoms with van der Waals surface area (Å²) < 4.78 is 0. The van der Waals surface area contributed by atoms with Crippen LogP contribution in [-0.2, 0) is 11.3 Å². The van der Waals surface area contributed by atoms with Gasteiger partial charge >= 0.3 is 18.0 Å². The van der Waals surface area contributed by atoms with Crippen molar-refractivity contribution < 1.29 is 19.5 Å². The quantitative estimate of drug-likeness (QED) is 0.149. The SMILES string of the molecule is CCCCCN(Cc1ccc(-c2ccccc2)c(-c2nn[nH]n2)c1)C(=O)N1CCN(C(=O)N(c2ccccc2)c2ccccc2)[C@H](C(=O)O)C1. The van der Waals surface area contributed by atoms with Gasteiger partial charge in [0.1, 0.15) is 6.04 Å². The van der Waals surface area contributed by atoms with Crippen molar-refractivity contribution in [3.8, 4) is 22.5 Å². The van der Waals surface area contributed by atoms with E-state index in [1.807, 2.05) is 109 Å². The van der Waals surface area contributed by atoms with Crippen molar-refractivity contribution in [1.82, 2.24) is 35.3 Å². The minimum Gasteiger partial charge on any atom is -0.480 e. The molecule has 1 saturated heterocycles. The molecule has 256 valence electrons. The van der Waals surface area contributed by atoms with Gasteiger partial charge in [0.25, 0.3) is 0 Å². The summed E-state index contributed by atoms with van der Waals surface area (Å²) in [5, 5.41) is 25.1. The van der Waals surface area contributed by atoms with E-state index in [-0.39, 0.29) is 25.7 Å². The van der Waals surface area contributed by atoms with Gasteiger partial charge in [0.2, 0.25) is 5.82 Å². The maximum Gasteiger partial charge on any atom is 0.329 e. The van der Waals surface area contributed by atoms with E-state index in [0.29, 0.717) is 30.3 Å². The van der Waals surface area contributed by atoms with Gasteiger partial charge in [0.05, 0.1) is 17.9 Å². The van der Waals surface area contributed by atoms with Gasteiger partial charge in [-0.15, -0.1) is 10.2 Å². The summed E-state index contributed by atoms with van der Waals surface area (Å²) in [6.07, 6.45) is 2.72. The Labute approximate surface area is 290 Å². The van der Waals surface area contributed by atoms with Gasteiger partial charge in [0.15, 0.2) is 0 Å². The molecule has 1 atom stereocenters. The van der Waals surface area contributed by atoms with Gasteiger partial charge in [-0.2, -0.15) is 5.21 Å². The number of rotatable bonds is 11. The summed E-state index contributed by atoms with van der Waals surface area (Å²) in [5.74, 6) is -0.726. The molecule has 0 saturated carbocycles. The summed E-state index contributed by atoms with van der Waals surface area (Å²) in [6, 6.07) is 32.2. The lowest BCUT2D eigenvalue weighted by atomic mass is 9.97. The van der Waals surface area contributed by atoms with Crippen molar-refractivity contribution in [2.75, 3.05) is 31.1 Å². The third kappa shape index (κ3) is 7.64. The second-order valence-corrected chi connectivity index (χ2v) is 12.2. The topological polar surface area (TPSA) is 139 Å². The minimum absolute atomic E-state index is 0.0637. The number of amides is 4. The molecule has 50 heavy (non-hydrogen) atoms. The van der Waals surface area contributed by atoms with Crippen LogP contribution >= 0.6 is 0 Å². The summed E-state index contributed by atoms with van der Waals surface area (Å²) >= 11 is 0. The first-order valence-corrected chi connectivity index (χ1v) is 16.8. The van der Waals surface area contributed by atoms with E-state index in [2.05, 4.69) is 27.5 Å². The van der Waals surface area contributed by atoms with E-state index in [4.69, 9.17) is 0 Å². The Hall–Kier alpha value is -6.04. The summed E-state index contributed by atoms with van der Waals surface area (Å²) in [6.45, 7) is 3.02. The number of carbonyl (C=O) groups excluding carboxylic acids is 2. The number of nitrogens with one attached hydrogen (secondary N) is 1. The molecular formula is C38H40N8O4. The standard InChI is InChI=1S/C38H40N8O4/c1-2-3-13-22-43(26-28-20-21-32(29-14-7-4-8-15-29)33(25-28)35-39-41-42-40-35)37(49)44-23-24-45(34(27-44)36(47)48)38(50)46(30-16-9-5-10-17-30)31-18-11-6-12-19-31/h4-12,14-21,25,34H,2-3,13,22-24,26-27H2,1H3,(H,47,48)(H,39,40,41,42)/t34-/m0/s1. The number of carbonyl (C=O) groups is 3. The molecule has 0 aliphatic carbocycles. The fourth-order valence-electron chi connectivity index (χ4n) is 6.28. The predicted octanol–water partition coefficient (Wildman–Crippen LogP) is 6.68. The van der Waals surface area contributed by atoms with Crippen LogP contribution in [0.25, 0.3) is 22.5 Å². The number of aromatic nitrogens is 4. The van der Waals surface area contributed by atoms with E-state index < -0.39 is 18.0 Å². The van der Waals surface area contributed by atoms with Crippen LogP contribution in [-0.4, -0.2) is 90.7 Å². The monoisotopic (exact) mass is 672 g/mol. The number of hydrogen-bond acceptors (Lipinski definition) is 6. The molecule has 2 heterocycles. The van der Waals surface area contributed by atoms with Crippen molar-refractivity contribution in [2.45, 2.75) is 38.8 Å². The average Bonchev–Trinajstić information content (AvgIpc) is 3.71. The molecule has 1 aliphatic heterocycles. The number of piperazine rings is 1. The molecule has 0 bridgehead atoms. The molecule has 0 spiro atoms. The molecule has 2 N–H and O–H groups in total. The van der Waals surface area contributed by atoms with Gasteiger partial charge in [-0.1, -0.05) is 98.6 Å². The van der Waals surface area contributed by atoms with Crippen LogP contribution in [0.5, 0.6) is 0 Å². The normalized spacial score (nSPS) is 14.3. The largest absolute Gasteiger partial charge is 0.480 e. The van der Waals surface area contributed by atoms with Crippen LogP contribution in [0.3, 0.4) is 0 Å². The number of benzene rings is 4. The van der Waals surface area contributed by atoms with Crippen LogP contribution in [0.4, 0.5) is 21.0 Å². The molecule has 12 nitrogen and oxygen atoms in total. The first kappa shape index (κ1) is 33.8. The molecule has 6 rings (SSSR count). The van der Waals surface area contributed by atoms with Gasteiger partial charge in [-0.25, -0.2) is 14.4 Å². The number of urea groups is 2. The van der Waals surface area contributed by atoms with Crippen molar-refractivity contribution in [3.63, 3.8) is 0 Å². The molecular weight excluding hydrogens is 632 g/mol. The predicted molar refractivity (Wildman–Crippen MR) is 191 cm³/mol. The molecule has 12 heteroatoms. The number of carboxylic acids is 1. The molecule has 5 aromatic rings. The van der Waals surface area contributed by atoms with Gasteiger partial charge in [-0.05, 0) is 58.7 Å². The molecule has 0 radical (unpaired) electrons. The maximum atomic E-state index is 14.2. The average molecular weight is 673 g/mol. The maximum absolute atomic E-state index is 14.2. The Balaban J connectivity index is 1.24. The number of H-pyrrole nitrogens is 1. The summed E-state index contributed by atoms with van der Waals surface area (Å²) in [4.78, 5) is 47.3. The van der Waals surface area contributed by atoms with Crippen LogP contribution in [0, 0.1) is 0 Å². The highest BCUT2D eigenvalue weighted by molar-refractivity contribution is 6.01. The number of tetrazole rings is 1. The van der Waals surface area contributed by atoms with Crippen LogP contribution < -0.4 is 4.90 Å². The van der Waals surface area contributed by atoms with Crippen LogP contribution in [0.1, 0.15) is 31.7 Å². The van der Waals surface area contributed by atoms with Gasteiger partial charge in [-0.3, -0.25) is 4.90 Å². The smallest absolute Gasteiger partial charge is 0.329 e. The molecule has 1 fully saturated rings. The Morgan fingerprint density at radius 2 is 1.48 bits per heavy atom. The fraction of sp³-hybridized carbons (Fsp3) is 0.263. The fourth-order valence-corrected chi connectivity index (χ4v) is 6.28. The highest BCUT2D eigenvalue weighted by atomic mass is 16.4. The zero-order valence-corrected chi connectivity index (χ0v) is 27.9. The van der Waals surface area contributed by atoms with Crippen molar-refractivity contribution in [1.29, 1.82) is 0 Å². The lowest BCUT2D eigenvalue weighted by molar-refractivity contribution is -0.143. The van der Waals surface area contributed by atoms with Crippen LogP contribution in [0.15, 0.2) is 109 Å². The molecule has 4 amide bonds. The third-order valence-electron chi connectivity index (χ3n) is 8.83. The zero-order chi connectivity index (χ0) is 34.9. The Morgan fingerprint density at radius 3 is 2.08 bits per heavy atom. The van der Waals surface area contributed by atoms with E-state index in [1.165, 1.54) is 9.80 Å². The van der Waals surface area contributed by atoms with Crippen molar-refractivity contribution in [3.05, 3.63) is 115 Å². The Kier molecular flexibility index (Phi) is 10.8. The van der Waals surface area contributed by atoms with Crippen molar-refractivity contribution in [2.24, 2.45) is 0 Å². The summed E-state index contributed by atoms with van der Waals surface area (Å²) in [7, 11) is 0. The van der Waals surface area contributed by atoms with E-state index in [0.717, 1.165) is 41.5 Å². The number of carboxylic acid groups (broad SMARTS) is 1. The Morgan fingerprint density at radius 1 is 0.820 bits per heavy atom. The highest BCUT2D eigenvalue weighted by Gasteiger charge is 2.40. The third-order valence-corrected chi connectivity index (χ3v) is 8.83. The van der Waals surface area contributed by atoms with E-state index in [9.17, 15) is 19.5 Å². The van der Waals surface area contributed by atoms with E-state index in [1.54, 1.807) is 9.80 Å². The Bertz CT molecular complexity index is 1830. The number of anilines is 2. The first-order chi connectivity index (χ1) is 24.4. The van der Waals surface area contributed by atoms with Gasteiger partial charge in [0, 0.05) is 31.7 Å².